The molecular weight excluding hydrogens is 208 g/mol. The number of carbonyl (C=O) groups excluding carboxylic acids is 1. The van der Waals surface area contributed by atoms with E-state index in [1.165, 1.54) is 20.1 Å². The molecule has 0 aromatic heterocycles. The van der Waals surface area contributed by atoms with Gasteiger partial charge in [-0.15, -0.1) is 0 Å². The Morgan fingerprint density at radius 1 is 1.50 bits per heavy atom. The van der Waals surface area contributed by atoms with Crippen molar-refractivity contribution < 1.29 is 19.4 Å². The summed E-state index contributed by atoms with van der Waals surface area (Å²) < 4.78 is 10.3. The summed E-state index contributed by atoms with van der Waals surface area (Å²) in [5.74, 6) is 0.308. The van der Waals surface area contributed by atoms with E-state index in [0.717, 1.165) is 0 Å². The van der Waals surface area contributed by atoms with Crippen molar-refractivity contribution in [3.8, 4) is 11.5 Å². The highest BCUT2D eigenvalue weighted by Crippen LogP contribution is 2.30. The number of ether oxygens (including phenoxy) is 2. The van der Waals surface area contributed by atoms with E-state index in [1.807, 2.05) is 6.92 Å². The number of phenolic OH excluding ortho intramolecular Hbond substituents is 1. The summed E-state index contributed by atoms with van der Waals surface area (Å²) in [5.41, 5.74) is 0.684. The number of ketones is 1. The summed E-state index contributed by atoms with van der Waals surface area (Å²) in [5, 5.41) is 9.43. The second-order valence-corrected chi connectivity index (χ2v) is 3.38. The molecule has 1 atom stereocenters. The summed E-state index contributed by atoms with van der Waals surface area (Å²) in [4.78, 5) is 11.4. The summed E-state index contributed by atoms with van der Waals surface area (Å²) in [7, 11) is 1.46. The first-order chi connectivity index (χ1) is 7.60. The fourth-order valence-corrected chi connectivity index (χ4v) is 1.47. The van der Waals surface area contributed by atoms with Crippen molar-refractivity contribution in [2.24, 2.45) is 0 Å². The average Bonchev–Trinajstić information content (AvgIpc) is 2.26. The number of hydrogen-bond donors (Lipinski definition) is 1. The van der Waals surface area contributed by atoms with Gasteiger partial charge in [-0.1, -0.05) is 6.07 Å². The lowest BCUT2D eigenvalue weighted by Crippen LogP contribution is -2.12. The Balaban J connectivity index is 3.05. The van der Waals surface area contributed by atoms with Gasteiger partial charge in [-0.3, -0.25) is 4.79 Å². The summed E-state index contributed by atoms with van der Waals surface area (Å²) in [6.07, 6.45) is -0.598. The van der Waals surface area contributed by atoms with Gasteiger partial charge in [-0.2, -0.15) is 0 Å². The normalized spacial score (nSPS) is 12.2. The van der Waals surface area contributed by atoms with E-state index in [9.17, 15) is 9.90 Å². The Labute approximate surface area is 94.8 Å². The molecular formula is C12H16O4. The molecule has 4 heteroatoms. The van der Waals surface area contributed by atoms with Gasteiger partial charge in [-0.05, 0) is 31.5 Å². The van der Waals surface area contributed by atoms with Crippen LogP contribution in [0.4, 0.5) is 0 Å². The maximum Gasteiger partial charge on any atom is 0.163 e. The summed E-state index contributed by atoms with van der Waals surface area (Å²) >= 11 is 0. The van der Waals surface area contributed by atoms with Crippen molar-refractivity contribution in [1.82, 2.24) is 0 Å². The van der Waals surface area contributed by atoms with Gasteiger partial charge < -0.3 is 14.6 Å². The van der Waals surface area contributed by atoms with Crippen molar-refractivity contribution in [2.75, 3.05) is 13.7 Å². The maximum atomic E-state index is 11.4. The Hall–Kier alpha value is -1.55. The van der Waals surface area contributed by atoms with E-state index < -0.39 is 6.10 Å². The van der Waals surface area contributed by atoms with Crippen LogP contribution in [0.15, 0.2) is 18.2 Å². The Morgan fingerprint density at radius 2 is 2.19 bits per heavy atom. The number of aromatic hydroxyl groups is 1. The second-order valence-electron chi connectivity index (χ2n) is 3.38. The minimum Gasteiger partial charge on any atom is -0.504 e. The van der Waals surface area contributed by atoms with E-state index in [2.05, 4.69) is 0 Å². The van der Waals surface area contributed by atoms with Crippen LogP contribution in [0.1, 0.15) is 25.5 Å². The van der Waals surface area contributed by atoms with Crippen LogP contribution in [0.25, 0.3) is 0 Å². The van der Waals surface area contributed by atoms with Crippen LogP contribution in [0, 0.1) is 0 Å². The number of benzene rings is 1. The SMILES string of the molecule is CCO[C@H](C(C)=O)c1ccc(O)c(OC)c1. The summed E-state index contributed by atoms with van der Waals surface area (Å²) in [6, 6.07) is 4.75. The molecule has 0 fully saturated rings. The number of rotatable bonds is 5. The van der Waals surface area contributed by atoms with Crippen LogP contribution in [-0.4, -0.2) is 24.6 Å². The molecule has 0 aliphatic heterocycles. The Morgan fingerprint density at radius 3 is 2.69 bits per heavy atom. The molecule has 0 radical (unpaired) electrons. The monoisotopic (exact) mass is 224 g/mol. The van der Waals surface area contributed by atoms with Crippen LogP contribution < -0.4 is 4.74 Å². The Kier molecular flexibility index (Phi) is 4.31. The standard InChI is InChI=1S/C12H16O4/c1-4-16-12(8(2)13)9-5-6-10(14)11(7-9)15-3/h5-7,12,14H,4H2,1-3H3/t12-/m1/s1. The lowest BCUT2D eigenvalue weighted by Gasteiger charge is -2.15. The first kappa shape index (κ1) is 12.5. The van der Waals surface area contributed by atoms with Crippen LogP contribution in [0.3, 0.4) is 0 Å². The third kappa shape index (κ3) is 2.73. The fourth-order valence-electron chi connectivity index (χ4n) is 1.47. The second kappa shape index (κ2) is 5.51. The van der Waals surface area contributed by atoms with Gasteiger partial charge in [0.25, 0.3) is 0 Å². The highest BCUT2D eigenvalue weighted by atomic mass is 16.5. The van der Waals surface area contributed by atoms with Crippen LogP contribution in [0.2, 0.25) is 0 Å². The molecule has 1 N–H and O–H groups in total. The maximum absolute atomic E-state index is 11.4. The minimum absolute atomic E-state index is 0.0463. The predicted molar refractivity (Wildman–Crippen MR) is 59.7 cm³/mol. The van der Waals surface area contributed by atoms with E-state index in [4.69, 9.17) is 9.47 Å². The number of phenols is 1. The van der Waals surface area contributed by atoms with Gasteiger partial charge in [0.05, 0.1) is 7.11 Å². The number of carbonyl (C=O) groups is 1. The van der Waals surface area contributed by atoms with Crippen molar-refractivity contribution in [3.05, 3.63) is 23.8 Å². The number of methoxy groups -OCH3 is 1. The molecule has 88 valence electrons. The predicted octanol–water partition coefficient (Wildman–Crippen LogP) is 2.07. The third-order valence-electron chi connectivity index (χ3n) is 2.21. The zero-order chi connectivity index (χ0) is 12.1. The average molecular weight is 224 g/mol. The summed E-state index contributed by atoms with van der Waals surface area (Å²) in [6.45, 7) is 3.75. The van der Waals surface area contributed by atoms with Gasteiger partial charge in [0.15, 0.2) is 17.3 Å². The van der Waals surface area contributed by atoms with Crippen molar-refractivity contribution >= 4 is 5.78 Å². The van der Waals surface area contributed by atoms with E-state index in [0.29, 0.717) is 17.9 Å². The minimum atomic E-state index is -0.598. The van der Waals surface area contributed by atoms with Crippen LogP contribution >= 0.6 is 0 Å². The number of Topliss-reactive ketones (excluding diaryl/α,β-unsaturated/α-hetero) is 1. The quantitative estimate of drug-likeness (QED) is 0.831. The van der Waals surface area contributed by atoms with Crippen LogP contribution in [0.5, 0.6) is 11.5 Å². The topological polar surface area (TPSA) is 55.8 Å². The molecule has 0 aliphatic carbocycles. The van der Waals surface area contributed by atoms with Crippen molar-refractivity contribution in [1.29, 1.82) is 0 Å². The van der Waals surface area contributed by atoms with Gasteiger partial charge in [0.1, 0.15) is 6.10 Å². The highest BCUT2D eigenvalue weighted by molar-refractivity contribution is 5.82. The molecule has 0 saturated heterocycles. The fraction of sp³-hybridized carbons (Fsp3) is 0.417. The molecule has 0 saturated carbocycles. The lowest BCUT2D eigenvalue weighted by atomic mass is 10.1. The van der Waals surface area contributed by atoms with Gasteiger partial charge in [0.2, 0.25) is 0 Å². The van der Waals surface area contributed by atoms with Crippen molar-refractivity contribution in [2.45, 2.75) is 20.0 Å². The molecule has 0 unspecified atom stereocenters. The molecule has 1 aromatic carbocycles. The zero-order valence-electron chi connectivity index (χ0n) is 9.69. The smallest absolute Gasteiger partial charge is 0.163 e. The first-order valence-corrected chi connectivity index (χ1v) is 5.09. The van der Waals surface area contributed by atoms with Crippen molar-refractivity contribution in [3.63, 3.8) is 0 Å². The Bertz CT molecular complexity index is 373. The van der Waals surface area contributed by atoms with E-state index in [-0.39, 0.29) is 11.5 Å². The first-order valence-electron chi connectivity index (χ1n) is 5.09. The molecule has 0 aliphatic rings. The number of hydrogen-bond acceptors (Lipinski definition) is 4. The van der Waals surface area contributed by atoms with Gasteiger partial charge in [-0.25, -0.2) is 0 Å². The molecule has 1 aromatic rings. The lowest BCUT2D eigenvalue weighted by molar-refractivity contribution is -0.128. The molecule has 0 amide bonds. The van der Waals surface area contributed by atoms with Crippen LogP contribution in [-0.2, 0) is 9.53 Å². The molecule has 0 heterocycles. The molecule has 4 nitrogen and oxygen atoms in total. The third-order valence-corrected chi connectivity index (χ3v) is 2.21. The molecule has 16 heavy (non-hydrogen) atoms. The molecule has 0 bridgehead atoms. The largest absolute Gasteiger partial charge is 0.504 e. The van der Waals surface area contributed by atoms with Gasteiger partial charge in [0, 0.05) is 6.61 Å². The zero-order valence-corrected chi connectivity index (χ0v) is 9.69. The van der Waals surface area contributed by atoms with Gasteiger partial charge >= 0.3 is 0 Å². The van der Waals surface area contributed by atoms with E-state index >= 15 is 0 Å². The molecule has 0 spiro atoms. The molecule has 1 rings (SSSR count). The van der Waals surface area contributed by atoms with E-state index in [1.54, 1.807) is 12.1 Å². The highest BCUT2D eigenvalue weighted by Gasteiger charge is 2.18.